The van der Waals surface area contributed by atoms with E-state index in [2.05, 4.69) is 67.9 Å². The normalized spacial score (nSPS) is 11.2. The van der Waals surface area contributed by atoms with Gasteiger partial charge in [-0.05, 0) is 68.6 Å². The summed E-state index contributed by atoms with van der Waals surface area (Å²) in [6, 6.07) is 49.7. The second-order valence-electron chi connectivity index (χ2n) is 11.5. The van der Waals surface area contributed by atoms with Crippen LogP contribution in [0, 0.1) is 10.1 Å². The Morgan fingerprint density at radius 2 is 1.27 bits per heavy atom. The number of benzene rings is 6. The van der Waals surface area contributed by atoms with Crippen LogP contribution in [-0.4, -0.2) is 38.3 Å². The second-order valence-corrected chi connectivity index (χ2v) is 12.4. The minimum absolute atomic E-state index is 0.0450. The topological polar surface area (TPSA) is 116 Å². The Balaban J connectivity index is 1.38. The summed E-state index contributed by atoms with van der Waals surface area (Å²) in [5.41, 5.74) is 4.67. The molecule has 0 bridgehead atoms. The van der Waals surface area contributed by atoms with Crippen molar-refractivity contribution in [3.63, 3.8) is 0 Å². The molecule has 0 atom stereocenters. The van der Waals surface area contributed by atoms with E-state index in [1.807, 2.05) is 83.5 Å². The molecule has 0 aliphatic rings. The first-order chi connectivity index (χ1) is 24.9. The van der Waals surface area contributed by atoms with E-state index in [9.17, 15) is 14.9 Å². The number of halogens is 1. The molecule has 0 radical (unpaired) electrons. The van der Waals surface area contributed by atoms with Gasteiger partial charge in [0.2, 0.25) is 0 Å². The van der Waals surface area contributed by atoms with E-state index in [1.165, 1.54) is 19.2 Å². The fourth-order valence-electron chi connectivity index (χ4n) is 6.49. The number of rotatable bonds is 10. The molecule has 0 unspecified atom stereocenters. The molecule has 0 saturated carbocycles. The van der Waals surface area contributed by atoms with Crippen LogP contribution in [0.2, 0.25) is 0 Å². The van der Waals surface area contributed by atoms with Crippen molar-refractivity contribution in [3.8, 4) is 22.5 Å². The Morgan fingerprint density at radius 1 is 0.745 bits per heavy atom. The largest absolute Gasteiger partial charge is 0.465 e. The molecule has 11 heteroatoms. The minimum Gasteiger partial charge on any atom is -0.465 e. The number of tetrazole rings is 1. The van der Waals surface area contributed by atoms with E-state index in [1.54, 1.807) is 30.3 Å². The molecule has 0 fully saturated rings. The molecule has 10 nitrogen and oxygen atoms in total. The minimum atomic E-state index is -0.951. The first-order valence-electron chi connectivity index (χ1n) is 15.9. The Morgan fingerprint density at radius 3 is 1.80 bits per heavy atom. The van der Waals surface area contributed by atoms with Crippen molar-refractivity contribution >= 4 is 33.3 Å². The third-order valence-electron chi connectivity index (χ3n) is 8.71. The average molecular weight is 738 g/mol. The van der Waals surface area contributed by atoms with Crippen molar-refractivity contribution in [3.05, 3.63) is 195 Å². The number of nitro groups is 1. The van der Waals surface area contributed by atoms with Gasteiger partial charge >= 0.3 is 5.97 Å². The highest BCUT2D eigenvalue weighted by Crippen LogP contribution is 2.43. The van der Waals surface area contributed by atoms with Gasteiger partial charge in [0.05, 0.1) is 12.7 Å². The number of nitrogens with zero attached hydrogens (tertiary/aromatic N) is 6. The van der Waals surface area contributed by atoms with Crippen LogP contribution in [0.3, 0.4) is 0 Å². The van der Waals surface area contributed by atoms with E-state index >= 15 is 0 Å². The molecule has 0 aliphatic carbocycles. The van der Waals surface area contributed by atoms with E-state index in [0.717, 1.165) is 38.4 Å². The number of esters is 1. The molecule has 0 saturated heterocycles. The lowest BCUT2D eigenvalue weighted by molar-refractivity contribution is -0.483. The zero-order valence-corrected chi connectivity index (χ0v) is 28.8. The molecule has 1 heterocycles. The standard InChI is InChI=1S/C40H29BrN6O4/c1-51-39(48)36-27-32(41)23-26-37(36)45(47(49)50)33-24-21-28(22-25-33)34-19-11-12-20-35(34)38-42-43-44-46(38)40(29-13-5-2-6-14-29,30-15-7-3-8-16-30)31-17-9-4-10-18-31/h2-27H,1H3. The van der Waals surface area contributed by atoms with Crippen LogP contribution < -0.4 is 5.01 Å². The van der Waals surface area contributed by atoms with Crippen molar-refractivity contribution in [2.24, 2.45) is 0 Å². The molecule has 7 aromatic rings. The predicted molar refractivity (Wildman–Crippen MR) is 198 cm³/mol. The van der Waals surface area contributed by atoms with Gasteiger partial charge in [-0.15, -0.1) is 5.10 Å². The molecule has 0 aliphatic heterocycles. The molecule has 6 aromatic carbocycles. The summed E-state index contributed by atoms with van der Waals surface area (Å²) in [5, 5.41) is 26.3. The Bertz CT molecular complexity index is 2220. The number of carbonyl (C=O) groups is 1. The van der Waals surface area contributed by atoms with E-state index in [0.29, 0.717) is 10.3 Å². The lowest BCUT2D eigenvalue weighted by atomic mass is 9.77. The maximum absolute atomic E-state index is 12.6. The number of hydrogen-bond donors (Lipinski definition) is 0. The van der Waals surface area contributed by atoms with E-state index < -0.39 is 16.5 Å². The lowest BCUT2D eigenvalue weighted by Gasteiger charge is -2.36. The summed E-state index contributed by atoms with van der Waals surface area (Å²) >= 11 is 3.34. The summed E-state index contributed by atoms with van der Waals surface area (Å²) in [4.78, 5) is 25.0. The van der Waals surface area contributed by atoms with Crippen molar-refractivity contribution in [2.45, 2.75) is 5.54 Å². The summed E-state index contributed by atoms with van der Waals surface area (Å²) in [6.45, 7) is 0. The Hall–Kier alpha value is -6.46. The molecular weight excluding hydrogens is 708 g/mol. The lowest BCUT2D eigenvalue weighted by Crippen LogP contribution is -2.39. The number of aromatic nitrogens is 4. The second kappa shape index (κ2) is 14.2. The van der Waals surface area contributed by atoms with Gasteiger partial charge in [0.15, 0.2) is 10.9 Å². The number of methoxy groups -OCH3 is 1. The van der Waals surface area contributed by atoms with Crippen LogP contribution in [0.25, 0.3) is 22.5 Å². The van der Waals surface area contributed by atoms with Gasteiger partial charge in [-0.25, -0.2) is 19.6 Å². The monoisotopic (exact) mass is 736 g/mol. The van der Waals surface area contributed by atoms with Gasteiger partial charge in [0, 0.05) is 10.0 Å². The van der Waals surface area contributed by atoms with E-state index in [-0.39, 0.29) is 16.9 Å². The number of ether oxygens (including phenoxy) is 1. The van der Waals surface area contributed by atoms with Gasteiger partial charge < -0.3 is 4.74 Å². The van der Waals surface area contributed by atoms with Crippen LogP contribution >= 0.6 is 15.9 Å². The molecule has 0 spiro atoms. The zero-order valence-electron chi connectivity index (χ0n) is 27.2. The molecule has 250 valence electrons. The Kier molecular flexibility index (Phi) is 9.19. The van der Waals surface area contributed by atoms with Gasteiger partial charge in [-0.1, -0.05) is 148 Å². The zero-order chi connectivity index (χ0) is 35.4. The highest BCUT2D eigenvalue weighted by atomic mass is 79.9. The third kappa shape index (κ3) is 6.04. The van der Waals surface area contributed by atoms with Crippen molar-refractivity contribution in [1.82, 2.24) is 20.2 Å². The maximum atomic E-state index is 12.6. The van der Waals surface area contributed by atoms with Gasteiger partial charge in [0.25, 0.3) is 0 Å². The Labute approximate surface area is 301 Å². The SMILES string of the molecule is COC(=O)c1cc(Br)ccc1N(c1ccc(-c2ccccc2-c2nnnn2C(c2ccccc2)(c2ccccc2)c2ccccc2)cc1)[N+](=O)[O-]. The quantitative estimate of drug-likeness (QED) is 0.0593. The number of hydrogen-bond acceptors (Lipinski definition) is 7. The van der Waals surface area contributed by atoms with Crippen molar-refractivity contribution < 1.29 is 14.6 Å². The van der Waals surface area contributed by atoms with Crippen LogP contribution in [0.5, 0.6) is 0 Å². The predicted octanol–water partition coefficient (Wildman–Crippen LogP) is 8.73. The fraction of sp³-hybridized carbons (Fsp3) is 0.0500. The fourth-order valence-corrected chi connectivity index (χ4v) is 6.85. The number of carbonyl (C=O) groups excluding carboxylic acids is 1. The summed E-state index contributed by atoms with van der Waals surface area (Å²) in [6.07, 6.45) is 0. The summed E-state index contributed by atoms with van der Waals surface area (Å²) < 4.78 is 7.37. The number of hydrazine groups is 1. The summed E-state index contributed by atoms with van der Waals surface area (Å²) in [7, 11) is 1.23. The van der Waals surface area contributed by atoms with Crippen molar-refractivity contribution in [2.75, 3.05) is 12.1 Å². The third-order valence-corrected chi connectivity index (χ3v) is 9.20. The maximum Gasteiger partial charge on any atom is 0.340 e. The average Bonchev–Trinajstić information content (AvgIpc) is 3.67. The van der Waals surface area contributed by atoms with Gasteiger partial charge in [0.1, 0.15) is 16.9 Å². The smallest absolute Gasteiger partial charge is 0.340 e. The molecule has 51 heavy (non-hydrogen) atoms. The van der Waals surface area contributed by atoms with E-state index in [4.69, 9.17) is 4.74 Å². The molecular formula is C40H29BrN6O4. The van der Waals surface area contributed by atoms with Crippen LogP contribution in [-0.2, 0) is 10.3 Å². The van der Waals surface area contributed by atoms with Crippen LogP contribution in [0.4, 0.5) is 11.4 Å². The van der Waals surface area contributed by atoms with Crippen LogP contribution in [0.1, 0.15) is 27.0 Å². The van der Waals surface area contributed by atoms with Crippen LogP contribution in [0.15, 0.2) is 162 Å². The first-order valence-corrected chi connectivity index (χ1v) is 16.7. The van der Waals surface area contributed by atoms with Crippen molar-refractivity contribution in [1.29, 1.82) is 0 Å². The highest BCUT2D eigenvalue weighted by Gasteiger charge is 2.42. The molecule has 0 N–H and O–H groups in total. The molecule has 1 aromatic heterocycles. The molecule has 0 amide bonds. The molecule has 7 rings (SSSR count). The van der Waals surface area contributed by atoms with Gasteiger partial charge in [-0.3, -0.25) is 0 Å². The number of anilines is 2. The van der Waals surface area contributed by atoms with Gasteiger partial charge in [-0.2, -0.15) is 0 Å². The highest BCUT2D eigenvalue weighted by molar-refractivity contribution is 9.10. The summed E-state index contributed by atoms with van der Waals surface area (Å²) in [5.74, 6) is -0.172. The first kappa shape index (κ1) is 33.1.